The molecule has 6 heteroatoms. The van der Waals surface area contributed by atoms with Gasteiger partial charge in [-0.25, -0.2) is 0 Å². The molecule has 1 heterocycles. The fourth-order valence-corrected chi connectivity index (χ4v) is 3.32. The minimum absolute atomic E-state index is 0.00901. The van der Waals surface area contributed by atoms with Gasteiger partial charge in [-0.2, -0.15) is 0 Å². The molecule has 124 valence electrons. The maximum Gasteiger partial charge on any atom is 0.234 e. The van der Waals surface area contributed by atoms with Crippen molar-refractivity contribution in [2.45, 2.75) is 17.9 Å². The second-order valence-corrected chi connectivity index (χ2v) is 6.45. The Bertz CT molecular complexity index is 777. The normalized spacial score (nSPS) is 13.0. The van der Waals surface area contributed by atoms with Crippen LogP contribution in [-0.4, -0.2) is 24.7 Å². The van der Waals surface area contributed by atoms with Crippen molar-refractivity contribution < 1.29 is 14.3 Å². The van der Waals surface area contributed by atoms with Gasteiger partial charge in [0.2, 0.25) is 11.8 Å². The van der Waals surface area contributed by atoms with Crippen LogP contribution in [0.5, 0.6) is 5.75 Å². The Morgan fingerprint density at radius 2 is 2.12 bits per heavy atom. The van der Waals surface area contributed by atoms with Crippen molar-refractivity contribution >= 4 is 29.3 Å². The van der Waals surface area contributed by atoms with Gasteiger partial charge in [-0.05, 0) is 23.8 Å². The van der Waals surface area contributed by atoms with Crippen molar-refractivity contribution in [2.24, 2.45) is 0 Å². The lowest BCUT2D eigenvalue weighted by atomic mass is 10.1. The van der Waals surface area contributed by atoms with E-state index in [1.54, 1.807) is 7.11 Å². The third-order valence-electron chi connectivity index (χ3n) is 3.71. The molecule has 2 N–H and O–H groups in total. The summed E-state index contributed by atoms with van der Waals surface area (Å²) in [6.45, 7) is 0.417. The van der Waals surface area contributed by atoms with Crippen LogP contribution in [-0.2, 0) is 22.6 Å². The first-order valence-corrected chi connectivity index (χ1v) is 8.58. The predicted molar refractivity (Wildman–Crippen MR) is 94.3 cm³/mol. The summed E-state index contributed by atoms with van der Waals surface area (Å²) in [6.07, 6.45) is 0.267. The van der Waals surface area contributed by atoms with Crippen molar-refractivity contribution in [1.29, 1.82) is 0 Å². The molecule has 0 spiro atoms. The van der Waals surface area contributed by atoms with Gasteiger partial charge in [-0.1, -0.05) is 24.3 Å². The van der Waals surface area contributed by atoms with Gasteiger partial charge >= 0.3 is 0 Å². The fraction of sp³-hybridized carbons (Fsp3) is 0.222. The van der Waals surface area contributed by atoms with E-state index in [1.807, 2.05) is 42.5 Å². The molecule has 0 unspecified atom stereocenters. The maximum atomic E-state index is 12.2. The molecular formula is C18H18N2O3S. The van der Waals surface area contributed by atoms with Gasteiger partial charge < -0.3 is 15.4 Å². The Morgan fingerprint density at radius 3 is 2.96 bits per heavy atom. The van der Waals surface area contributed by atoms with E-state index in [-0.39, 0.29) is 18.2 Å². The number of fused-ring (bicyclic) bond motifs is 1. The van der Waals surface area contributed by atoms with Crippen molar-refractivity contribution in [3.8, 4) is 5.75 Å². The molecule has 0 aromatic heterocycles. The Hall–Kier alpha value is -2.47. The van der Waals surface area contributed by atoms with Gasteiger partial charge in [-0.3, -0.25) is 9.59 Å². The maximum absolute atomic E-state index is 12.2. The highest BCUT2D eigenvalue weighted by Gasteiger charge is 2.16. The first-order chi connectivity index (χ1) is 11.7. The number of methoxy groups -OCH3 is 1. The van der Waals surface area contributed by atoms with E-state index < -0.39 is 0 Å². The van der Waals surface area contributed by atoms with Crippen LogP contribution in [0.1, 0.15) is 11.1 Å². The second kappa shape index (κ2) is 7.40. The summed E-state index contributed by atoms with van der Waals surface area (Å²) in [5.74, 6) is 1.11. The van der Waals surface area contributed by atoms with E-state index in [0.29, 0.717) is 12.3 Å². The van der Waals surface area contributed by atoms with Crippen molar-refractivity contribution in [3.63, 3.8) is 0 Å². The molecule has 1 aliphatic heterocycles. The van der Waals surface area contributed by atoms with Crippen LogP contribution in [0.2, 0.25) is 0 Å². The standard InChI is InChI=1S/C18H18N2O3S/c1-23-15-5-3-2-4-13(15)10-19-17(21)9-12-6-7-16-14(8-12)20-18(22)11-24-16/h2-8H,9-11H2,1H3,(H,19,21)(H,20,22). The number of hydrogen-bond acceptors (Lipinski definition) is 4. The summed E-state index contributed by atoms with van der Waals surface area (Å²) < 4.78 is 5.27. The minimum atomic E-state index is -0.0735. The molecule has 0 saturated heterocycles. The minimum Gasteiger partial charge on any atom is -0.496 e. The Kier molecular flexibility index (Phi) is 5.05. The lowest BCUT2D eigenvalue weighted by Crippen LogP contribution is -2.25. The van der Waals surface area contributed by atoms with Gasteiger partial charge in [0, 0.05) is 17.0 Å². The summed E-state index contributed by atoms with van der Waals surface area (Å²) in [4.78, 5) is 24.7. The van der Waals surface area contributed by atoms with Crippen LogP contribution in [0.25, 0.3) is 0 Å². The first-order valence-electron chi connectivity index (χ1n) is 7.60. The summed E-state index contributed by atoms with van der Waals surface area (Å²) in [7, 11) is 1.61. The number of benzene rings is 2. The lowest BCUT2D eigenvalue weighted by molar-refractivity contribution is -0.120. The van der Waals surface area contributed by atoms with Crippen LogP contribution in [0, 0.1) is 0 Å². The highest BCUT2D eigenvalue weighted by molar-refractivity contribution is 8.00. The van der Waals surface area contributed by atoms with Gasteiger partial charge in [0.15, 0.2) is 0 Å². The number of rotatable bonds is 5. The van der Waals surface area contributed by atoms with E-state index in [4.69, 9.17) is 4.74 Å². The SMILES string of the molecule is COc1ccccc1CNC(=O)Cc1ccc2c(c1)NC(=O)CS2. The summed E-state index contributed by atoms with van der Waals surface area (Å²) >= 11 is 1.51. The molecule has 1 aliphatic rings. The lowest BCUT2D eigenvalue weighted by Gasteiger charge is -2.17. The third kappa shape index (κ3) is 3.89. The Labute approximate surface area is 144 Å². The van der Waals surface area contributed by atoms with E-state index in [1.165, 1.54) is 11.8 Å². The monoisotopic (exact) mass is 342 g/mol. The number of amides is 2. The summed E-state index contributed by atoms with van der Waals surface area (Å²) in [6, 6.07) is 13.3. The second-order valence-electron chi connectivity index (χ2n) is 5.43. The van der Waals surface area contributed by atoms with Crippen LogP contribution >= 0.6 is 11.8 Å². The molecule has 5 nitrogen and oxygen atoms in total. The molecule has 2 aromatic carbocycles. The molecule has 2 aromatic rings. The van der Waals surface area contributed by atoms with Crippen LogP contribution in [0.4, 0.5) is 5.69 Å². The van der Waals surface area contributed by atoms with Gasteiger partial charge in [-0.15, -0.1) is 11.8 Å². The fourth-order valence-electron chi connectivity index (χ4n) is 2.53. The molecule has 3 rings (SSSR count). The largest absolute Gasteiger partial charge is 0.496 e. The molecule has 24 heavy (non-hydrogen) atoms. The number of para-hydroxylation sites is 1. The topological polar surface area (TPSA) is 67.4 Å². The molecule has 0 saturated carbocycles. The van der Waals surface area contributed by atoms with Crippen LogP contribution in [0.3, 0.4) is 0 Å². The zero-order valence-electron chi connectivity index (χ0n) is 13.3. The summed E-state index contributed by atoms with van der Waals surface area (Å²) in [5, 5.41) is 5.74. The summed E-state index contributed by atoms with van der Waals surface area (Å²) in [5.41, 5.74) is 2.59. The quantitative estimate of drug-likeness (QED) is 0.876. The van der Waals surface area contributed by atoms with Crippen LogP contribution in [0.15, 0.2) is 47.4 Å². The zero-order chi connectivity index (χ0) is 16.9. The first kappa shape index (κ1) is 16.4. The molecular weight excluding hydrogens is 324 g/mol. The number of nitrogens with one attached hydrogen (secondary N) is 2. The van der Waals surface area contributed by atoms with Crippen molar-refractivity contribution in [1.82, 2.24) is 5.32 Å². The number of hydrogen-bond donors (Lipinski definition) is 2. The van der Waals surface area contributed by atoms with E-state index in [2.05, 4.69) is 10.6 Å². The smallest absolute Gasteiger partial charge is 0.234 e. The average Bonchev–Trinajstić information content (AvgIpc) is 2.60. The van der Waals surface area contributed by atoms with Crippen molar-refractivity contribution in [2.75, 3.05) is 18.2 Å². The van der Waals surface area contributed by atoms with Crippen molar-refractivity contribution in [3.05, 3.63) is 53.6 Å². The number of carbonyl (C=O) groups is 2. The predicted octanol–water partition coefficient (Wildman–Crippen LogP) is 2.60. The van der Waals surface area contributed by atoms with Crippen LogP contribution < -0.4 is 15.4 Å². The Morgan fingerprint density at radius 1 is 1.29 bits per heavy atom. The van der Waals surface area contributed by atoms with Gasteiger partial charge in [0.1, 0.15) is 5.75 Å². The molecule has 0 fully saturated rings. The highest BCUT2D eigenvalue weighted by Crippen LogP contribution is 2.32. The number of anilines is 1. The van der Waals surface area contributed by atoms with E-state index >= 15 is 0 Å². The molecule has 2 amide bonds. The average molecular weight is 342 g/mol. The van der Waals surface area contributed by atoms with Gasteiger partial charge in [0.05, 0.1) is 25.0 Å². The third-order valence-corrected chi connectivity index (χ3v) is 4.78. The Balaban J connectivity index is 1.61. The molecule has 0 bridgehead atoms. The van der Waals surface area contributed by atoms with E-state index in [9.17, 15) is 9.59 Å². The zero-order valence-corrected chi connectivity index (χ0v) is 14.1. The molecule has 0 aliphatic carbocycles. The van der Waals surface area contributed by atoms with E-state index in [0.717, 1.165) is 27.5 Å². The molecule has 0 radical (unpaired) electrons. The number of thioether (sulfide) groups is 1. The van der Waals surface area contributed by atoms with Gasteiger partial charge in [0.25, 0.3) is 0 Å². The molecule has 0 atom stereocenters. The number of carbonyl (C=O) groups excluding carboxylic acids is 2. The highest BCUT2D eigenvalue weighted by atomic mass is 32.2. The number of ether oxygens (including phenoxy) is 1.